The molecule has 5 nitrogen and oxygen atoms in total. The van der Waals surface area contributed by atoms with Crippen LogP contribution in [0.4, 0.5) is 11.4 Å². The molecule has 1 saturated heterocycles. The van der Waals surface area contributed by atoms with Crippen molar-refractivity contribution in [1.29, 1.82) is 0 Å². The fraction of sp³-hybridized carbons (Fsp3) is 0.158. The Labute approximate surface area is 160 Å². The Kier molecular flexibility index (Phi) is 4.42. The fourth-order valence-electron chi connectivity index (χ4n) is 2.87. The summed E-state index contributed by atoms with van der Waals surface area (Å²) in [5.74, 6) is 0.128. The van der Waals surface area contributed by atoms with Crippen LogP contribution in [-0.4, -0.2) is 34.7 Å². The lowest BCUT2D eigenvalue weighted by molar-refractivity contribution is -0.122. The number of carbonyl (C=O) groups excluding carboxylic acids is 1. The van der Waals surface area contributed by atoms with Crippen LogP contribution >= 0.6 is 23.5 Å². The predicted molar refractivity (Wildman–Crippen MR) is 108 cm³/mol. The summed E-state index contributed by atoms with van der Waals surface area (Å²) >= 11 is 3.00. The first-order valence-corrected chi connectivity index (χ1v) is 9.84. The van der Waals surface area contributed by atoms with Gasteiger partial charge in [0.25, 0.3) is 5.91 Å². The van der Waals surface area contributed by atoms with E-state index in [2.05, 4.69) is 22.0 Å². The Hall–Kier alpha value is -2.38. The van der Waals surface area contributed by atoms with Gasteiger partial charge in [-0.2, -0.15) is 0 Å². The average molecular weight is 383 g/mol. The molecule has 0 aliphatic carbocycles. The molecule has 2 aliphatic rings. The molecule has 2 aromatic carbocycles. The van der Waals surface area contributed by atoms with E-state index in [0.717, 1.165) is 15.6 Å². The van der Waals surface area contributed by atoms with Crippen LogP contribution in [0, 0.1) is 0 Å². The lowest BCUT2D eigenvalue weighted by Gasteiger charge is -2.15. The van der Waals surface area contributed by atoms with Gasteiger partial charge in [-0.3, -0.25) is 9.69 Å². The standard InChI is InChI=1S/C19H17N3O2S2/c1-3-22-17(24)16(18-21(2)14-9-4-5-10-15(14)25-18)26-19(22)20-12-7-6-8-13(23)11-12/h4-11,23H,3H2,1-2H3/b18-16+,20-19?. The maximum absolute atomic E-state index is 13.0. The van der Waals surface area contributed by atoms with Gasteiger partial charge in [0, 0.05) is 24.6 Å². The Morgan fingerprint density at radius 3 is 2.65 bits per heavy atom. The van der Waals surface area contributed by atoms with E-state index in [1.54, 1.807) is 34.9 Å². The van der Waals surface area contributed by atoms with E-state index in [0.29, 0.717) is 22.3 Å². The molecular weight excluding hydrogens is 366 g/mol. The number of para-hydroxylation sites is 1. The second-order valence-corrected chi connectivity index (χ2v) is 7.84. The van der Waals surface area contributed by atoms with Crippen molar-refractivity contribution < 1.29 is 9.90 Å². The average Bonchev–Trinajstić information content (AvgIpc) is 3.12. The third-order valence-corrected chi connectivity index (χ3v) is 6.60. The number of amidine groups is 1. The van der Waals surface area contributed by atoms with Crippen LogP contribution in [0.1, 0.15) is 6.92 Å². The van der Waals surface area contributed by atoms with Crippen LogP contribution in [0.2, 0.25) is 0 Å². The van der Waals surface area contributed by atoms with Gasteiger partial charge in [-0.25, -0.2) is 4.99 Å². The number of aliphatic imine (C=N–C) groups is 1. The van der Waals surface area contributed by atoms with Crippen molar-refractivity contribution in [3.05, 3.63) is 58.5 Å². The summed E-state index contributed by atoms with van der Waals surface area (Å²) in [5.41, 5.74) is 1.73. The number of carbonyl (C=O) groups is 1. The van der Waals surface area contributed by atoms with Crippen LogP contribution in [0.25, 0.3) is 0 Å². The summed E-state index contributed by atoms with van der Waals surface area (Å²) in [6, 6.07) is 14.9. The molecule has 2 aliphatic heterocycles. The van der Waals surface area contributed by atoms with E-state index in [-0.39, 0.29) is 11.7 Å². The Balaban J connectivity index is 1.73. The number of aromatic hydroxyl groups is 1. The van der Waals surface area contributed by atoms with Crippen LogP contribution in [0.3, 0.4) is 0 Å². The van der Waals surface area contributed by atoms with Gasteiger partial charge in [0.1, 0.15) is 10.7 Å². The van der Waals surface area contributed by atoms with Crippen molar-refractivity contribution in [1.82, 2.24) is 4.90 Å². The van der Waals surface area contributed by atoms with Crippen molar-refractivity contribution in [2.24, 2.45) is 4.99 Å². The molecule has 7 heteroatoms. The quantitative estimate of drug-likeness (QED) is 0.780. The number of benzene rings is 2. The van der Waals surface area contributed by atoms with Gasteiger partial charge in [0.15, 0.2) is 5.17 Å². The molecule has 132 valence electrons. The number of nitrogens with zero attached hydrogens (tertiary/aromatic N) is 3. The van der Waals surface area contributed by atoms with Crippen molar-refractivity contribution >= 4 is 46.0 Å². The number of rotatable bonds is 2. The molecule has 0 atom stereocenters. The minimum Gasteiger partial charge on any atom is -0.508 e. The molecule has 1 N–H and O–H groups in total. The van der Waals surface area contributed by atoms with E-state index in [1.165, 1.54) is 11.8 Å². The summed E-state index contributed by atoms with van der Waals surface area (Å²) < 4.78 is 0. The highest BCUT2D eigenvalue weighted by atomic mass is 32.2. The van der Waals surface area contributed by atoms with E-state index < -0.39 is 0 Å². The summed E-state index contributed by atoms with van der Waals surface area (Å²) in [6.45, 7) is 2.48. The highest BCUT2D eigenvalue weighted by Gasteiger charge is 2.38. The normalized spacial score (nSPS) is 21.0. The summed E-state index contributed by atoms with van der Waals surface area (Å²) in [5, 5.41) is 11.2. The van der Waals surface area contributed by atoms with Crippen molar-refractivity contribution in [3.8, 4) is 5.75 Å². The number of phenolic OH excluding ortho intramolecular Hbond substituents is 1. The Morgan fingerprint density at radius 2 is 1.92 bits per heavy atom. The Morgan fingerprint density at radius 1 is 1.12 bits per heavy atom. The van der Waals surface area contributed by atoms with Crippen LogP contribution in [-0.2, 0) is 4.79 Å². The smallest absolute Gasteiger partial charge is 0.269 e. The maximum Gasteiger partial charge on any atom is 0.269 e. The molecule has 26 heavy (non-hydrogen) atoms. The lowest BCUT2D eigenvalue weighted by Crippen LogP contribution is -2.29. The summed E-state index contributed by atoms with van der Waals surface area (Å²) in [6.07, 6.45) is 0. The molecule has 2 heterocycles. The van der Waals surface area contributed by atoms with E-state index in [9.17, 15) is 9.90 Å². The molecule has 0 radical (unpaired) electrons. The van der Waals surface area contributed by atoms with Gasteiger partial charge < -0.3 is 10.0 Å². The second kappa shape index (κ2) is 6.74. The van der Waals surface area contributed by atoms with Gasteiger partial charge in [-0.1, -0.05) is 30.0 Å². The molecule has 0 saturated carbocycles. The molecule has 0 spiro atoms. The molecule has 2 aromatic rings. The summed E-state index contributed by atoms with van der Waals surface area (Å²) in [4.78, 5) is 23.1. The third kappa shape index (κ3) is 2.87. The molecule has 4 rings (SSSR count). The zero-order valence-electron chi connectivity index (χ0n) is 14.3. The minimum absolute atomic E-state index is 0.0291. The first kappa shape index (κ1) is 17.1. The molecule has 0 aromatic heterocycles. The van der Waals surface area contributed by atoms with Gasteiger partial charge in [0.05, 0.1) is 16.4 Å². The lowest BCUT2D eigenvalue weighted by atomic mass is 10.3. The number of hydrogen-bond acceptors (Lipinski definition) is 6. The molecule has 1 fully saturated rings. The third-order valence-electron chi connectivity index (χ3n) is 4.17. The van der Waals surface area contributed by atoms with E-state index in [4.69, 9.17) is 0 Å². The number of phenols is 1. The van der Waals surface area contributed by atoms with Crippen molar-refractivity contribution in [2.75, 3.05) is 18.5 Å². The van der Waals surface area contributed by atoms with Crippen LogP contribution in [0.15, 0.2) is 68.4 Å². The highest BCUT2D eigenvalue weighted by molar-refractivity contribution is 8.19. The van der Waals surface area contributed by atoms with Crippen molar-refractivity contribution in [3.63, 3.8) is 0 Å². The van der Waals surface area contributed by atoms with Crippen LogP contribution in [0.5, 0.6) is 5.75 Å². The first-order chi connectivity index (χ1) is 12.6. The van der Waals surface area contributed by atoms with Crippen molar-refractivity contribution in [2.45, 2.75) is 11.8 Å². The fourth-order valence-corrected chi connectivity index (χ4v) is 5.28. The number of thioether (sulfide) groups is 2. The second-order valence-electron chi connectivity index (χ2n) is 5.83. The zero-order chi connectivity index (χ0) is 18.3. The number of anilines is 1. The minimum atomic E-state index is -0.0291. The number of fused-ring (bicyclic) bond motifs is 1. The van der Waals surface area contributed by atoms with Gasteiger partial charge >= 0.3 is 0 Å². The Bertz CT molecular complexity index is 955. The van der Waals surface area contributed by atoms with Gasteiger partial charge in [-0.15, -0.1) is 0 Å². The number of likely N-dealkylation sites (N-methyl/N-ethyl adjacent to an activating group) is 1. The van der Waals surface area contributed by atoms with Crippen LogP contribution < -0.4 is 4.90 Å². The van der Waals surface area contributed by atoms with Gasteiger partial charge in [-0.05, 0) is 43.0 Å². The molecule has 0 unspecified atom stereocenters. The molecular formula is C19H17N3O2S2. The molecule has 0 bridgehead atoms. The predicted octanol–water partition coefficient (Wildman–Crippen LogP) is 4.39. The monoisotopic (exact) mass is 383 g/mol. The molecule has 1 amide bonds. The highest BCUT2D eigenvalue weighted by Crippen LogP contribution is 2.49. The van der Waals surface area contributed by atoms with Gasteiger partial charge in [0.2, 0.25) is 0 Å². The number of amides is 1. The summed E-state index contributed by atoms with van der Waals surface area (Å²) in [7, 11) is 1.98. The topological polar surface area (TPSA) is 56.1 Å². The number of hydrogen-bond donors (Lipinski definition) is 1. The largest absolute Gasteiger partial charge is 0.508 e. The maximum atomic E-state index is 13.0. The zero-order valence-corrected chi connectivity index (χ0v) is 16.0. The SMILES string of the molecule is CCN1C(=O)/C(=C2\Sc3ccccc3N2C)SC1=Nc1cccc(O)c1. The first-order valence-electron chi connectivity index (χ1n) is 8.21. The van der Waals surface area contributed by atoms with E-state index in [1.807, 2.05) is 32.2 Å². The van der Waals surface area contributed by atoms with E-state index >= 15 is 0 Å².